The van der Waals surface area contributed by atoms with Gasteiger partial charge in [-0.05, 0) is 40.0 Å². The van der Waals surface area contributed by atoms with Crippen molar-refractivity contribution in [3.63, 3.8) is 0 Å². The van der Waals surface area contributed by atoms with E-state index in [1.165, 1.54) is 30.4 Å². The molecule has 0 spiro atoms. The summed E-state index contributed by atoms with van der Waals surface area (Å²) in [5.74, 6) is 0. The molecule has 64 valence electrons. The van der Waals surface area contributed by atoms with Gasteiger partial charge < -0.3 is 0 Å². The topological polar surface area (TPSA) is 0 Å². The quantitative estimate of drug-likeness (QED) is 0.532. The van der Waals surface area contributed by atoms with Crippen LogP contribution in [0.3, 0.4) is 0 Å². The molecule has 0 N–H and O–H groups in total. The van der Waals surface area contributed by atoms with E-state index < -0.39 is 0 Å². The molecule has 0 rings (SSSR count). The van der Waals surface area contributed by atoms with Crippen LogP contribution in [0, 0.1) is 0 Å². The highest BCUT2D eigenvalue weighted by atomic mass is 13.9. The van der Waals surface area contributed by atoms with Gasteiger partial charge in [0, 0.05) is 0 Å². The van der Waals surface area contributed by atoms with Crippen LogP contribution in [0.2, 0.25) is 0 Å². The maximum Gasteiger partial charge on any atom is -0.0288 e. The van der Waals surface area contributed by atoms with Gasteiger partial charge >= 0.3 is 0 Å². The van der Waals surface area contributed by atoms with E-state index in [-0.39, 0.29) is 0 Å². The van der Waals surface area contributed by atoms with E-state index in [0.29, 0.717) is 0 Å². The second-order valence-electron chi connectivity index (χ2n) is 3.08. The number of hydrogen-bond acceptors (Lipinski definition) is 0. The van der Waals surface area contributed by atoms with Crippen molar-refractivity contribution in [1.29, 1.82) is 0 Å². The van der Waals surface area contributed by atoms with Gasteiger partial charge in [-0.15, -0.1) is 0 Å². The Bertz CT molecular complexity index is 149. The lowest BCUT2D eigenvalue weighted by molar-refractivity contribution is 0.948. The first-order valence-electron chi connectivity index (χ1n) is 4.48. The molecule has 0 aromatic rings. The molecule has 0 heteroatoms. The van der Waals surface area contributed by atoms with Crippen LogP contribution in [-0.4, -0.2) is 0 Å². The van der Waals surface area contributed by atoms with Gasteiger partial charge in [-0.2, -0.15) is 0 Å². The molecule has 0 saturated carbocycles. The minimum atomic E-state index is 1.19. The summed E-state index contributed by atoms with van der Waals surface area (Å²) in [7, 11) is 0. The van der Waals surface area contributed by atoms with Crippen molar-refractivity contribution in [2.24, 2.45) is 0 Å². The SMILES string of the molecule is CC=C(C)CCC=C(C)CC. The number of hydrogen-bond donors (Lipinski definition) is 0. The molecule has 0 radical (unpaired) electrons. The number of allylic oxidation sites excluding steroid dienone is 4. The Morgan fingerprint density at radius 1 is 1.18 bits per heavy atom. The summed E-state index contributed by atoms with van der Waals surface area (Å²) in [6.45, 7) is 8.69. The molecule has 0 nitrogen and oxygen atoms in total. The second kappa shape index (κ2) is 6.21. The molecular formula is C11H20. The van der Waals surface area contributed by atoms with Gasteiger partial charge in [0.2, 0.25) is 0 Å². The van der Waals surface area contributed by atoms with Crippen LogP contribution in [0.15, 0.2) is 23.3 Å². The minimum absolute atomic E-state index is 1.19. The van der Waals surface area contributed by atoms with Gasteiger partial charge in [0.15, 0.2) is 0 Å². The van der Waals surface area contributed by atoms with Gasteiger partial charge in [0.05, 0.1) is 0 Å². The van der Waals surface area contributed by atoms with Crippen molar-refractivity contribution in [3.8, 4) is 0 Å². The summed E-state index contributed by atoms with van der Waals surface area (Å²) in [4.78, 5) is 0. The van der Waals surface area contributed by atoms with E-state index in [2.05, 4.69) is 39.8 Å². The zero-order valence-corrected chi connectivity index (χ0v) is 8.28. The van der Waals surface area contributed by atoms with Crippen LogP contribution in [0.25, 0.3) is 0 Å². The van der Waals surface area contributed by atoms with Gasteiger partial charge in [-0.3, -0.25) is 0 Å². The van der Waals surface area contributed by atoms with Gasteiger partial charge in [0.1, 0.15) is 0 Å². The molecule has 0 bridgehead atoms. The predicted octanol–water partition coefficient (Wildman–Crippen LogP) is 4.09. The largest absolute Gasteiger partial charge is 0.0887 e. The van der Waals surface area contributed by atoms with Crippen LogP contribution in [0.5, 0.6) is 0 Å². The lowest BCUT2D eigenvalue weighted by atomic mass is 10.1. The van der Waals surface area contributed by atoms with Crippen molar-refractivity contribution >= 4 is 0 Å². The summed E-state index contributed by atoms with van der Waals surface area (Å²) >= 11 is 0. The number of rotatable bonds is 4. The molecule has 0 aliphatic rings. The third-order valence-electron chi connectivity index (χ3n) is 2.08. The van der Waals surface area contributed by atoms with E-state index in [1.54, 1.807) is 0 Å². The van der Waals surface area contributed by atoms with Crippen molar-refractivity contribution in [2.75, 3.05) is 0 Å². The molecule has 11 heavy (non-hydrogen) atoms. The van der Waals surface area contributed by atoms with Crippen molar-refractivity contribution in [3.05, 3.63) is 23.3 Å². The molecule has 0 fully saturated rings. The zero-order valence-electron chi connectivity index (χ0n) is 8.28. The van der Waals surface area contributed by atoms with Crippen LogP contribution in [0.4, 0.5) is 0 Å². The fraction of sp³-hybridized carbons (Fsp3) is 0.636. The Balaban J connectivity index is 3.56. The van der Waals surface area contributed by atoms with Crippen molar-refractivity contribution < 1.29 is 0 Å². The maximum atomic E-state index is 2.34. The minimum Gasteiger partial charge on any atom is -0.0887 e. The average Bonchev–Trinajstić information content (AvgIpc) is 2.04. The molecule has 0 saturated heterocycles. The van der Waals surface area contributed by atoms with Gasteiger partial charge in [-0.25, -0.2) is 0 Å². The first-order valence-corrected chi connectivity index (χ1v) is 4.48. The highest BCUT2D eigenvalue weighted by Crippen LogP contribution is 2.07. The van der Waals surface area contributed by atoms with Crippen LogP contribution in [-0.2, 0) is 0 Å². The third kappa shape index (κ3) is 5.90. The zero-order chi connectivity index (χ0) is 8.69. The molecule has 0 atom stereocenters. The third-order valence-corrected chi connectivity index (χ3v) is 2.08. The Morgan fingerprint density at radius 2 is 1.82 bits per heavy atom. The maximum absolute atomic E-state index is 2.34. The molecule has 0 aliphatic heterocycles. The lowest BCUT2D eigenvalue weighted by Crippen LogP contribution is -1.76. The highest BCUT2D eigenvalue weighted by molar-refractivity contribution is 5.01. The molecule has 0 aromatic heterocycles. The Kier molecular flexibility index (Phi) is 5.91. The standard InChI is InChI=1S/C11H20/c1-5-10(3)8-7-9-11(4)6-2/h5,9H,6-8H2,1-4H3. The van der Waals surface area contributed by atoms with E-state index in [1.807, 2.05) is 0 Å². The fourth-order valence-corrected chi connectivity index (χ4v) is 0.835. The summed E-state index contributed by atoms with van der Waals surface area (Å²) in [5, 5.41) is 0. The first kappa shape index (κ1) is 10.5. The monoisotopic (exact) mass is 152 g/mol. The van der Waals surface area contributed by atoms with E-state index in [4.69, 9.17) is 0 Å². The normalized spacial score (nSPS) is 13.8. The van der Waals surface area contributed by atoms with Crippen LogP contribution >= 0.6 is 0 Å². The van der Waals surface area contributed by atoms with Crippen molar-refractivity contribution in [1.82, 2.24) is 0 Å². The Hall–Kier alpha value is -0.520. The second-order valence-corrected chi connectivity index (χ2v) is 3.08. The van der Waals surface area contributed by atoms with E-state index in [0.717, 1.165) is 0 Å². The summed E-state index contributed by atoms with van der Waals surface area (Å²) in [5.41, 5.74) is 3.00. The molecule has 0 aromatic carbocycles. The van der Waals surface area contributed by atoms with Crippen LogP contribution in [0.1, 0.15) is 47.0 Å². The fourth-order valence-electron chi connectivity index (χ4n) is 0.835. The summed E-state index contributed by atoms with van der Waals surface area (Å²) in [6.07, 6.45) is 8.14. The molecule has 0 heterocycles. The smallest absolute Gasteiger partial charge is 0.0288 e. The van der Waals surface area contributed by atoms with Crippen LogP contribution < -0.4 is 0 Å². The van der Waals surface area contributed by atoms with E-state index in [9.17, 15) is 0 Å². The van der Waals surface area contributed by atoms with Crippen molar-refractivity contribution in [2.45, 2.75) is 47.0 Å². The molecule has 0 unspecified atom stereocenters. The first-order chi connectivity index (χ1) is 5.20. The lowest BCUT2D eigenvalue weighted by Gasteiger charge is -1.97. The van der Waals surface area contributed by atoms with Gasteiger partial charge in [0.25, 0.3) is 0 Å². The molecule has 0 aliphatic carbocycles. The average molecular weight is 152 g/mol. The van der Waals surface area contributed by atoms with E-state index >= 15 is 0 Å². The summed E-state index contributed by atoms with van der Waals surface area (Å²) < 4.78 is 0. The predicted molar refractivity (Wildman–Crippen MR) is 52.7 cm³/mol. The molecule has 0 amide bonds. The Morgan fingerprint density at radius 3 is 2.27 bits per heavy atom. The highest BCUT2D eigenvalue weighted by Gasteiger charge is 1.86. The molecular weight excluding hydrogens is 132 g/mol. The Labute approximate surface area is 71.0 Å². The van der Waals surface area contributed by atoms with Gasteiger partial charge in [-0.1, -0.05) is 30.2 Å². The summed E-state index contributed by atoms with van der Waals surface area (Å²) in [6, 6.07) is 0.